The van der Waals surface area contributed by atoms with Crippen molar-refractivity contribution >= 4 is 11.9 Å². The van der Waals surface area contributed by atoms with Crippen LogP contribution in [0.1, 0.15) is 219 Å². The molecule has 0 aliphatic rings. The van der Waals surface area contributed by atoms with Crippen molar-refractivity contribution in [3.63, 3.8) is 0 Å². The summed E-state index contributed by atoms with van der Waals surface area (Å²) in [5, 5.41) is 8.78. The van der Waals surface area contributed by atoms with Gasteiger partial charge in [-0.15, -0.1) is 0 Å². The predicted molar refractivity (Wildman–Crippen MR) is 204 cm³/mol. The predicted octanol–water partition coefficient (Wildman–Crippen LogP) is 14.2. The van der Waals surface area contributed by atoms with Crippen LogP contribution in [-0.4, -0.2) is 23.1 Å². The Morgan fingerprint density at radius 3 is 1.40 bits per heavy atom. The largest absolute Gasteiger partial charge is 0.481 e. The zero-order valence-corrected chi connectivity index (χ0v) is 31.3. The second-order valence-corrected chi connectivity index (χ2v) is 13.8. The number of unbranched alkanes of at least 4 members (excludes halogenated alkanes) is 24. The van der Waals surface area contributed by atoms with Gasteiger partial charge in [-0.3, -0.25) is 9.59 Å². The molecule has 274 valence electrons. The van der Waals surface area contributed by atoms with Crippen molar-refractivity contribution in [3.8, 4) is 0 Å². The number of allylic oxidation sites excluding steroid dienone is 5. The molecule has 0 heterocycles. The van der Waals surface area contributed by atoms with Crippen LogP contribution in [0.4, 0.5) is 0 Å². The van der Waals surface area contributed by atoms with E-state index in [2.05, 4.69) is 50.3 Å². The number of carbonyl (C=O) groups excluding carboxylic acids is 1. The third-order valence-corrected chi connectivity index (χ3v) is 9.07. The van der Waals surface area contributed by atoms with E-state index in [0.717, 1.165) is 70.6 Å². The molecule has 0 saturated carbocycles. The molecule has 0 radical (unpaired) electrons. The van der Waals surface area contributed by atoms with Gasteiger partial charge in [-0.1, -0.05) is 166 Å². The van der Waals surface area contributed by atoms with Gasteiger partial charge in [0.05, 0.1) is 0 Å². The van der Waals surface area contributed by atoms with Crippen LogP contribution in [-0.2, 0) is 14.3 Å². The number of carbonyl (C=O) groups is 2. The average molecular weight is 659 g/mol. The van der Waals surface area contributed by atoms with Crippen LogP contribution in [0.3, 0.4) is 0 Å². The van der Waals surface area contributed by atoms with Gasteiger partial charge in [-0.25, -0.2) is 0 Å². The van der Waals surface area contributed by atoms with Gasteiger partial charge in [0.2, 0.25) is 0 Å². The van der Waals surface area contributed by atoms with Crippen LogP contribution in [0.15, 0.2) is 36.5 Å². The summed E-state index contributed by atoms with van der Waals surface area (Å²) in [6, 6.07) is 0. The Morgan fingerprint density at radius 1 is 0.489 bits per heavy atom. The van der Waals surface area contributed by atoms with Gasteiger partial charge >= 0.3 is 11.9 Å². The minimum absolute atomic E-state index is 0.0548. The van der Waals surface area contributed by atoms with Crippen LogP contribution in [0, 0.1) is 0 Å². The number of hydrogen-bond donors (Lipinski definition) is 1. The summed E-state index contributed by atoms with van der Waals surface area (Å²) in [6.07, 6.45) is 50.4. The molecular weight excluding hydrogens is 580 g/mol. The molecule has 1 atom stereocenters. The van der Waals surface area contributed by atoms with Crippen molar-refractivity contribution in [2.24, 2.45) is 0 Å². The van der Waals surface area contributed by atoms with Gasteiger partial charge in [-0.2, -0.15) is 0 Å². The van der Waals surface area contributed by atoms with E-state index in [1.807, 2.05) is 0 Å². The lowest BCUT2D eigenvalue weighted by Gasteiger charge is -2.14. The number of esters is 1. The molecule has 0 aromatic rings. The SMILES string of the molecule is CCCCCC/C=C\C/C=C\C(CCCCCCCCC(=O)O)OC(=O)CCCCCCCCCCC/C=C\CCCCCCCC. The standard InChI is InChI=1S/C43H78O4/c1-3-5-7-9-11-13-14-15-16-17-18-19-20-21-22-24-26-32-36-40-43(46)47-41(37-33-29-25-23-12-10-8-6-4-2)38-34-30-27-28-31-35-39-42(44)45/h15-16,23,25,33,37,41H,3-14,17-22,24,26-32,34-36,38-40H2,1-2H3,(H,44,45)/b16-15-,25-23-,37-33-. The topological polar surface area (TPSA) is 63.6 Å². The summed E-state index contributed by atoms with van der Waals surface area (Å²) in [5.41, 5.74) is 0. The van der Waals surface area contributed by atoms with E-state index >= 15 is 0 Å². The van der Waals surface area contributed by atoms with Gasteiger partial charge in [0.15, 0.2) is 0 Å². The monoisotopic (exact) mass is 659 g/mol. The first-order valence-corrected chi connectivity index (χ1v) is 20.5. The summed E-state index contributed by atoms with van der Waals surface area (Å²) in [7, 11) is 0. The fourth-order valence-electron chi connectivity index (χ4n) is 6.01. The highest BCUT2D eigenvalue weighted by atomic mass is 16.5. The molecular formula is C43H78O4. The molecule has 0 aliphatic carbocycles. The number of rotatable bonds is 37. The van der Waals surface area contributed by atoms with E-state index in [9.17, 15) is 9.59 Å². The van der Waals surface area contributed by atoms with Crippen molar-refractivity contribution in [3.05, 3.63) is 36.5 Å². The normalized spacial score (nSPS) is 12.6. The Hall–Kier alpha value is -1.84. The Morgan fingerprint density at radius 2 is 0.894 bits per heavy atom. The molecule has 0 spiro atoms. The van der Waals surface area contributed by atoms with Crippen molar-refractivity contribution in [2.75, 3.05) is 0 Å². The molecule has 0 aliphatic heterocycles. The molecule has 0 fully saturated rings. The third-order valence-electron chi connectivity index (χ3n) is 9.07. The lowest BCUT2D eigenvalue weighted by Crippen LogP contribution is -2.16. The Bertz CT molecular complexity index is 753. The molecule has 0 bridgehead atoms. The Kier molecular flexibility index (Phi) is 37.1. The Balaban J connectivity index is 4.01. The van der Waals surface area contributed by atoms with E-state index in [-0.39, 0.29) is 18.5 Å². The number of ether oxygens (including phenoxy) is 1. The van der Waals surface area contributed by atoms with Crippen LogP contribution in [0.2, 0.25) is 0 Å². The zero-order valence-electron chi connectivity index (χ0n) is 31.3. The molecule has 1 N–H and O–H groups in total. The van der Waals surface area contributed by atoms with E-state index in [4.69, 9.17) is 9.84 Å². The molecule has 0 aromatic carbocycles. The van der Waals surface area contributed by atoms with Crippen LogP contribution in [0.25, 0.3) is 0 Å². The first-order chi connectivity index (χ1) is 23.1. The molecule has 0 amide bonds. The summed E-state index contributed by atoms with van der Waals surface area (Å²) in [4.78, 5) is 23.3. The van der Waals surface area contributed by atoms with E-state index in [0.29, 0.717) is 6.42 Å². The second kappa shape index (κ2) is 38.6. The first kappa shape index (κ1) is 45.2. The van der Waals surface area contributed by atoms with Crippen LogP contribution < -0.4 is 0 Å². The Labute approximate surface area is 292 Å². The van der Waals surface area contributed by atoms with Crippen LogP contribution >= 0.6 is 0 Å². The highest BCUT2D eigenvalue weighted by Crippen LogP contribution is 2.16. The maximum absolute atomic E-state index is 12.6. The maximum atomic E-state index is 12.6. The molecule has 4 heteroatoms. The van der Waals surface area contributed by atoms with Gasteiger partial charge in [-0.05, 0) is 76.7 Å². The summed E-state index contributed by atoms with van der Waals surface area (Å²) >= 11 is 0. The molecule has 1 unspecified atom stereocenters. The molecule has 0 aromatic heterocycles. The van der Waals surface area contributed by atoms with Crippen molar-refractivity contribution < 1.29 is 19.4 Å². The summed E-state index contributed by atoms with van der Waals surface area (Å²) < 4.78 is 5.91. The third kappa shape index (κ3) is 38.5. The van der Waals surface area contributed by atoms with Crippen LogP contribution in [0.5, 0.6) is 0 Å². The number of carboxylic acids is 1. The number of carboxylic acid groups (broad SMARTS) is 1. The lowest BCUT2D eigenvalue weighted by molar-refractivity contribution is -0.147. The average Bonchev–Trinajstić information content (AvgIpc) is 3.05. The fraction of sp³-hybridized carbons (Fsp3) is 0.814. The van der Waals surface area contributed by atoms with Gasteiger partial charge in [0.25, 0.3) is 0 Å². The van der Waals surface area contributed by atoms with E-state index < -0.39 is 5.97 Å². The molecule has 47 heavy (non-hydrogen) atoms. The molecule has 0 saturated heterocycles. The summed E-state index contributed by atoms with van der Waals surface area (Å²) in [5.74, 6) is -0.757. The van der Waals surface area contributed by atoms with Crippen molar-refractivity contribution in [2.45, 2.75) is 225 Å². The minimum Gasteiger partial charge on any atom is -0.481 e. The zero-order chi connectivity index (χ0) is 34.3. The van der Waals surface area contributed by atoms with Crippen molar-refractivity contribution in [1.29, 1.82) is 0 Å². The van der Waals surface area contributed by atoms with E-state index in [1.165, 1.54) is 122 Å². The lowest BCUT2D eigenvalue weighted by atomic mass is 10.0. The van der Waals surface area contributed by atoms with Gasteiger partial charge in [0, 0.05) is 12.8 Å². The number of aliphatic carboxylic acids is 1. The maximum Gasteiger partial charge on any atom is 0.306 e. The van der Waals surface area contributed by atoms with Crippen molar-refractivity contribution in [1.82, 2.24) is 0 Å². The quantitative estimate of drug-likeness (QED) is 0.0410. The fourth-order valence-corrected chi connectivity index (χ4v) is 6.01. The second-order valence-electron chi connectivity index (χ2n) is 13.8. The molecule has 4 nitrogen and oxygen atoms in total. The first-order valence-electron chi connectivity index (χ1n) is 20.5. The van der Waals surface area contributed by atoms with E-state index in [1.54, 1.807) is 0 Å². The number of hydrogen-bond acceptors (Lipinski definition) is 3. The van der Waals surface area contributed by atoms with Gasteiger partial charge in [0.1, 0.15) is 6.10 Å². The molecule has 0 rings (SSSR count). The summed E-state index contributed by atoms with van der Waals surface area (Å²) in [6.45, 7) is 4.52. The highest BCUT2D eigenvalue weighted by molar-refractivity contribution is 5.69. The van der Waals surface area contributed by atoms with Gasteiger partial charge < -0.3 is 9.84 Å². The highest BCUT2D eigenvalue weighted by Gasteiger charge is 2.11. The smallest absolute Gasteiger partial charge is 0.306 e. The minimum atomic E-state index is -0.703.